The van der Waals surface area contributed by atoms with Gasteiger partial charge < -0.3 is 20.3 Å². The summed E-state index contributed by atoms with van der Waals surface area (Å²) >= 11 is 0. The molecular weight excluding hydrogens is 290 g/mol. The van der Waals surface area contributed by atoms with E-state index in [-0.39, 0.29) is 12.0 Å². The van der Waals surface area contributed by atoms with Crippen LogP contribution in [0.1, 0.15) is 23.5 Å². The second kappa shape index (κ2) is 7.13. The van der Waals surface area contributed by atoms with E-state index in [1.165, 1.54) is 0 Å². The molecule has 0 amide bonds. The predicted molar refractivity (Wildman–Crippen MR) is 89.4 cm³/mol. The van der Waals surface area contributed by atoms with Gasteiger partial charge in [-0.05, 0) is 29.7 Å². The molecule has 0 saturated heterocycles. The Balaban J connectivity index is 1.70. The van der Waals surface area contributed by atoms with Crippen LogP contribution in [0.4, 0.5) is 0 Å². The predicted octanol–water partition coefficient (Wildman–Crippen LogP) is 2.06. The van der Waals surface area contributed by atoms with Crippen molar-refractivity contribution in [2.24, 2.45) is 0 Å². The third-order valence-electron chi connectivity index (χ3n) is 4.62. The summed E-state index contributed by atoms with van der Waals surface area (Å²) in [6, 6.07) is 17.8. The van der Waals surface area contributed by atoms with Crippen molar-refractivity contribution in [2.45, 2.75) is 37.1 Å². The highest BCUT2D eigenvalue weighted by molar-refractivity contribution is 5.28. The number of aliphatic hydroxyl groups is 2. The van der Waals surface area contributed by atoms with Gasteiger partial charge in [0.1, 0.15) is 5.75 Å². The van der Waals surface area contributed by atoms with E-state index in [9.17, 15) is 10.2 Å². The normalized spacial score (nSPS) is 27.1. The fourth-order valence-electron chi connectivity index (χ4n) is 3.31. The zero-order valence-electron chi connectivity index (χ0n) is 13.2. The summed E-state index contributed by atoms with van der Waals surface area (Å²) in [5, 5.41) is 23.8. The summed E-state index contributed by atoms with van der Waals surface area (Å²) in [4.78, 5) is 0. The number of methoxy groups -OCH3 is 1. The van der Waals surface area contributed by atoms with Crippen molar-refractivity contribution in [3.05, 3.63) is 65.7 Å². The first-order valence-electron chi connectivity index (χ1n) is 7.96. The van der Waals surface area contributed by atoms with E-state index in [1.54, 1.807) is 7.11 Å². The molecule has 0 bridgehead atoms. The molecule has 4 heteroatoms. The highest BCUT2D eigenvalue weighted by Crippen LogP contribution is 2.35. The number of nitrogens with one attached hydrogen (secondary N) is 1. The number of aliphatic hydroxyl groups excluding tert-OH is 2. The largest absolute Gasteiger partial charge is 0.497 e. The Kier molecular flexibility index (Phi) is 4.96. The Morgan fingerprint density at radius 2 is 1.74 bits per heavy atom. The number of rotatable bonds is 5. The van der Waals surface area contributed by atoms with Crippen molar-refractivity contribution in [3.63, 3.8) is 0 Å². The maximum Gasteiger partial charge on any atom is 0.118 e. The summed E-state index contributed by atoms with van der Waals surface area (Å²) in [5.74, 6) is 0.937. The first kappa shape index (κ1) is 16.0. The smallest absolute Gasteiger partial charge is 0.118 e. The van der Waals surface area contributed by atoms with Crippen LogP contribution in [0.25, 0.3) is 0 Å². The van der Waals surface area contributed by atoms with Crippen LogP contribution < -0.4 is 10.1 Å². The Labute approximate surface area is 136 Å². The molecule has 23 heavy (non-hydrogen) atoms. The van der Waals surface area contributed by atoms with Gasteiger partial charge in [0.15, 0.2) is 0 Å². The number of hydrogen-bond donors (Lipinski definition) is 3. The highest BCUT2D eigenvalue weighted by Gasteiger charge is 2.41. The van der Waals surface area contributed by atoms with Crippen LogP contribution in [-0.4, -0.2) is 35.6 Å². The molecule has 4 atom stereocenters. The van der Waals surface area contributed by atoms with Crippen LogP contribution in [0, 0.1) is 0 Å². The molecule has 0 aromatic heterocycles. The van der Waals surface area contributed by atoms with Gasteiger partial charge >= 0.3 is 0 Å². The summed E-state index contributed by atoms with van der Waals surface area (Å²) in [6.45, 7) is 0.641. The average Bonchev–Trinajstić information content (AvgIpc) is 2.89. The molecule has 4 nitrogen and oxygen atoms in total. The van der Waals surface area contributed by atoms with E-state index in [4.69, 9.17) is 4.74 Å². The quantitative estimate of drug-likeness (QED) is 0.791. The minimum Gasteiger partial charge on any atom is -0.497 e. The van der Waals surface area contributed by atoms with Crippen molar-refractivity contribution in [1.29, 1.82) is 0 Å². The van der Waals surface area contributed by atoms with Crippen LogP contribution in [0.3, 0.4) is 0 Å². The maximum atomic E-state index is 10.3. The zero-order chi connectivity index (χ0) is 16.2. The molecule has 0 heterocycles. The van der Waals surface area contributed by atoms with Gasteiger partial charge in [-0.3, -0.25) is 0 Å². The number of ether oxygens (including phenoxy) is 1. The van der Waals surface area contributed by atoms with Crippen molar-refractivity contribution in [3.8, 4) is 5.75 Å². The summed E-state index contributed by atoms with van der Waals surface area (Å²) < 4.78 is 5.16. The minimum atomic E-state index is -0.751. The van der Waals surface area contributed by atoms with Gasteiger partial charge in [-0.1, -0.05) is 42.5 Å². The average molecular weight is 313 g/mol. The van der Waals surface area contributed by atoms with Gasteiger partial charge in [-0.15, -0.1) is 0 Å². The molecule has 1 fully saturated rings. The van der Waals surface area contributed by atoms with Gasteiger partial charge in [-0.25, -0.2) is 0 Å². The van der Waals surface area contributed by atoms with Crippen LogP contribution in [0.15, 0.2) is 54.6 Å². The van der Waals surface area contributed by atoms with Gasteiger partial charge in [-0.2, -0.15) is 0 Å². The van der Waals surface area contributed by atoms with Gasteiger partial charge in [0.05, 0.1) is 19.3 Å². The second-order valence-electron chi connectivity index (χ2n) is 6.07. The molecule has 3 N–H and O–H groups in total. The van der Waals surface area contributed by atoms with E-state index in [0.717, 1.165) is 16.9 Å². The van der Waals surface area contributed by atoms with Crippen LogP contribution in [0.5, 0.6) is 5.75 Å². The Morgan fingerprint density at radius 3 is 2.39 bits per heavy atom. The van der Waals surface area contributed by atoms with E-state index in [2.05, 4.69) is 17.4 Å². The molecular formula is C19H23NO3. The summed E-state index contributed by atoms with van der Waals surface area (Å²) in [7, 11) is 1.65. The van der Waals surface area contributed by atoms with Crippen molar-refractivity contribution in [2.75, 3.05) is 7.11 Å². The molecule has 1 saturated carbocycles. The van der Waals surface area contributed by atoms with E-state index in [0.29, 0.717) is 13.0 Å². The monoisotopic (exact) mass is 313 g/mol. The molecule has 1 aliphatic rings. The van der Waals surface area contributed by atoms with Crippen molar-refractivity contribution >= 4 is 0 Å². The third kappa shape index (κ3) is 3.55. The fraction of sp³-hybridized carbons (Fsp3) is 0.368. The Bertz CT molecular complexity index is 614. The lowest BCUT2D eigenvalue weighted by atomic mass is 9.93. The first-order valence-corrected chi connectivity index (χ1v) is 7.96. The van der Waals surface area contributed by atoms with E-state index in [1.807, 2.05) is 42.5 Å². The minimum absolute atomic E-state index is 0.111. The van der Waals surface area contributed by atoms with Crippen molar-refractivity contribution < 1.29 is 14.9 Å². The third-order valence-corrected chi connectivity index (χ3v) is 4.62. The van der Waals surface area contributed by atoms with Gasteiger partial charge in [0.2, 0.25) is 0 Å². The SMILES string of the molecule is COc1ccc(CNC2C(c3ccccc3)CC(O)C2O)cc1. The summed E-state index contributed by atoms with van der Waals surface area (Å²) in [5.41, 5.74) is 2.27. The second-order valence-corrected chi connectivity index (χ2v) is 6.07. The standard InChI is InChI=1S/C19H23NO3/c1-23-15-9-7-13(8-10-15)12-20-18-16(11-17(21)19(18)22)14-5-3-2-4-6-14/h2-10,16-22H,11-12H2,1H3. The van der Waals surface area contributed by atoms with Crippen molar-refractivity contribution in [1.82, 2.24) is 5.32 Å². The molecule has 0 radical (unpaired) electrons. The topological polar surface area (TPSA) is 61.7 Å². The summed E-state index contributed by atoms with van der Waals surface area (Å²) in [6.07, 6.45) is -0.863. The first-order chi connectivity index (χ1) is 11.2. The molecule has 0 aliphatic heterocycles. The molecule has 4 unspecified atom stereocenters. The number of benzene rings is 2. The van der Waals surface area contributed by atoms with Crippen LogP contribution >= 0.6 is 0 Å². The molecule has 2 aromatic carbocycles. The maximum absolute atomic E-state index is 10.3. The van der Waals surface area contributed by atoms with E-state index < -0.39 is 12.2 Å². The molecule has 122 valence electrons. The zero-order valence-corrected chi connectivity index (χ0v) is 13.2. The molecule has 0 spiro atoms. The molecule has 2 aromatic rings. The van der Waals surface area contributed by atoms with E-state index >= 15 is 0 Å². The van der Waals surface area contributed by atoms with Crippen LogP contribution in [0.2, 0.25) is 0 Å². The van der Waals surface area contributed by atoms with Gasteiger partial charge in [0, 0.05) is 18.5 Å². The Hall–Kier alpha value is -1.88. The van der Waals surface area contributed by atoms with Crippen LogP contribution in [-0.2, 0) is 6.54 Å². The Morgan fingerprint density at radius 1 is 1.04 bits per heavy atom. The fourth-order valence-corrected chi connectivity index (χ4v) is 3.31. The van der Waals surface area contributed by atoms with Gasteiger partial charge in [0.25, 0.3) is 0 Å². The lowest BCUT2D eigenvalue weighted by molar-refractivity contribution is 0.0297. The lowest BCUT2D eigenvalue weighted by Crippen LogP contribution is -2.41. The molecule has 3 rings (SSSR count). The number of hydrogen-bond acceptors (Lipinski definition) is 4. The molecule has 1 aliphatic carbocycles. The lowest BCUT2D eigenvalue weighted by Gasteiger charge is -2.24. The highest BCUT2D eigenvalue weighted by atomic mass is 16.5.